The molecule has 2 N–H and O–H groups in total. The van der Waals surface area contributed by atoms with Crippen LogP contribution in [0.4, 0.5) is 4.79 Å². The maximum absolute atomic E-state index is 12.2. The lowest BCUT2D eigenvalue weighted by atomic mass is 9.98. The molecule has 0 radical (unpaired) electrons. The van der Waals surface area contributed by atoms with Crippen LogP contribution in [0.5, 0.6) is 0 Å². The third kappa shape index (κ3) is 7.32. The van der Waals surface area contributed by atoms with Crippen molar-refractivity contribution < 1.29 is 19.4 Å². The summed E-state index contributed by atoms with van der Waals surface area (Å²) in [5.74, 6) is -0.801. The summed E-state index contributed by atoms with van der Waals surface area (Å²) < 4.78 is 5.41. The summed E-state index contributed by atoms with van der Waals surface area (Å²) >= 11 is 0. The number of hydrogen-bond acceptors (Lipinski definition) is 3. The molecule has 0 aromatic heterocycles. The van der Waals surface area contributed by atoms with Gasteiger partial charge >= 0.3 is 12.0 Å². The Morgan fingerprint density at radius 3 is 2.86 bits per heavy atom. The first kappa shape index (κ1) is 17.8. The van der Waals surface area contributed by atoms with Crippen LogP contribution in [-0.2, 0) is 9.53 Å². The van der Waals surface area contributed by atoms with E-state index in [0.29, 0.717) is 26.1 Å². The van der Waals surface area contributed by atoms with E-state index < -0.39 is 5.97 Å². The second kappa shape index (κ2) is 10.4. The number of hydrogen-bond donors (Lipinski definition) is 2. The van der Waals surface area contributed by atoms with Gasteiger partial charge in [-0.25, -0.2) is 4.79 Å². The minimum Gasteiger partial charge on any atom is -0.481 e. The molecule has 21 heavy (non-hydrogen) atoms. The maximum atomic E-state index is 12.2. The Labute approximate surface area is 126 Å². The number of nitrogens with one attached hydrogen (secondary N) is 1. The van der Waals surface area contributed by atoms with E-state index in [-0.39, 0.29) is 18.5 Å². The van der Waals surface area contributed by atoms with Gasteiger partial charge in [-0.3, -0.25) is 4.79 Å². The highest BCUT2D eigenvalue weighted by Gasteiger charge is 2.26. The van der Waals surface area contributed by atoms with Crippen molar-refractivity contribution in [2.45, 2.75) is 57.9 Å². The van der Waals surface area contributed by atoms with Crippen LogP contribution in [0.15, 0.2) is 0 Å². The highest BCUT2D eigenvalue weighted by atomic mass is 16.5. The molecule has 6 nitrogen and oxygen atoms in total. The molecule has 1 fully saturated rings. The molecule has 0 aromatic carbocycles. The van der Waals surface area contributed by atoms with E-state index in [4.69, 9.17) is 9.84 Å². The van der Waals surface area contributed by atoms with Crippen LogP contribution in [-0.4, -0.2) is 54.4 Å². The van der Waals surface area contributed by atoms with Crippen LogP contribution in [0.25, 0.3) is 0 Å². The molecule has 0 aromatic rings. The summed E-state index contributed by atoms with van der Waals surface area (Å²) in [5, 5.41) is 11.6. The molecule has 0 aliphatic carbocycles. The predicted octanol–water partition coefficient (Wildman–Crippen LogP) is 2.23. The van der Waals surface area contributed by atoms with Crippen LogP contribution in [0, 0.1) is 0 Å². The average Bonchev–Trinajstić information content (AvgIpc) is 2.48. The number of ether oxygens (including phenoxy) is 1. The summed E-state index contributed by atoms with van der Waals surface area (Å²) in [6.07, 6.45) is 5.75. The second-order valence-corrected chi connectivity index (χ2v) is 5.47. The number of unbranched alkanes of at least 4 members (excludes halogenated alkanes) is 1. The molecule has 6 heteroatoms. The molecule has 1 rings (SSSR count). The molecular weight excluding hydrogens is 272 g/mol. The van der Waals surface area contributed by atoms with Gasteiger partial charge in [-0.05, 0) is 32.1 Å². The molecule has 122 valence electrons. The van der Waals surface area contributed by atoms with Crippen molar-refractivity contribution in [3.63, 3.8) is 0 Å². The standard InChI is InChI=1S/C15H28N2O4/c1-2-3-11-21-12-9-16-15(20)17-10-5-4-6-13(17)7-8-14(18)19/h13H,2-12H2,1H3,(H,16,20)(H,18,19). The fourth-order valence-corrected chi connectivity index (χ4v) is 2.54. The SMILES string of the molecule is CCCCOCCNC(=O)N1CCCCC1CCC(=O)O. The second-order valence-electron chi connectivity index (χ2n) is 5.47. The smallest absolute Gasteiger partial charge is 0.317 e. The van der Waals surface area contributed by atoms with Crippen molar-refractivity contribution in [3.8, 4) is 0 Å². The molecule has 2 amide bonds. The quantitative estimate of drug-likeness (QED) is 0.640. The Hall–Kier alpha value is -1.30. The maximum Gasteiger partial charge on any atom is 0.317 e. The predicted molar refractivity (Wildman–Crippen MR) is 80.3 cm³/mol. The Morgan fingerprint density at radius 1 is 1.33 bits per heavy atom. The fraction of sp³-hybridized carbons (Fsp3) is 0.867. The van der Waals surface area contributed by atoms with E-state index in [2.05, 4.69) is 12.2 Å². The Balaban J connectivity index is 2.26. The first-order valence-electron chi connectivity index (χ1n) is 7.99. The molecule has 1 aliphatic rings. The lowest BCUT2D eigenvalue weighted by Crippen LogP contribution is -2.49. The minimum atomic E-state index is -0.801. The third-order valence-corrected chi connectivity index (χ3v) is 3.74. The topological polar surface area (TPSA) is 78.9 Å². The molecule has 1 atom stereocenters. The number of piperidine rings is 1. The Kier molecular flexibility index (Phi) is 8.82. The van der Waals surface area contributed by atoms with Crippen molar-refractivity contribution in [2.75, 3.05) is 26.3 Å². The Bertz CT molecular complexity index is 323. The van der Waals surface area contributed by atoms with Gasteiger partial charge in [0.2, 0.25) is 0 Å². The highest BCUT2D eigenvalue weighted by Crippen LogP contribution is 2.20. The number of aliphatic carboxylic acids is 1. The Morgan fingerprint density at radius 2 is 2.14 bits per heavy atom. The van der Waals surface area contributed by atoms with Gasteiger partial charge in [0.15, 0.2) is 0 Å². The van der Waals surface area contributed by atoms with Crippen molar-refractivity contribution in [3.05, 3.63) is 0 Å². The monoisotopic (exact) mass is 300 g/mol. The normalized spacial score (nSPS) is 18.5. The number of carboxylic acids is 1. The van der Waals surface area contributed by atoms with Crippen molar-refractivity contribution in [2.24, 2.45) is 0 Å². The van der Waals surface area contributed by atoms with Gasteiger partial charge in [-0.2, -0.15) is 0 Å². The molecule has 0 bridgehead atoms. The largest absolute Gasteiger partial charge is 0.481 e. The lowest BCUT2D eigenvalue weighted by molar-refractivity contribution is -0.137. The zero-order chi connectivity index (χ0) is 15.5. The van der Waals surface area contributed by atoms with Crippen molar-refractivity contribution in [1.29, 1.82) is 0 Å². The fourth-order valence-electron chi connectivity index (χ4n) is 2.54. The third-order valence-electron chi connectivity index (χ3n) is 3.74. The molecule has 1 unspecified atom stereocenters. The number of rotatable bonds is 9. The molecule has 0 saturated carbocycles. The molecular formula is C15H28N2O4. The van der Waals surface area contributed by atoms with E-state index in [1.54, 1.807) is 4.90 Å². The zero-order valence-electron chi connectivity index (χ0n) is 13.0. The first-order chi connectivity index (χ1) is 10.1. The van der Waals surface area contributed by atoms with Gasteiger partial charge in [-0.15, -0.1) is 0 Å². The van der Waals surface area contributed by atoms with Gasteiger partial charge in [0.05, 0.1) is 6.61 Å². The van der Waals surface area contributed by atoms with Gasteiger partial charge in [0.1, 0.15) is 0 Å². The number of urea groups is 1. The van der Waals surface area contributed by atoms with Crippen LogP contribution in [0.1, 0.15) is 51.9 Å². The van der Waals surface area contributed by atoms with Crippen LogP contribution >= 0.6 is 0 Å². The first-order valence-corrected chi connectivity index (χ1v) is 7.99. The molecule has 1 heterocycles. The summed E-state index contributed by atoms with van der Waals surface area (Å²) in [6.45, 7) is 4.59. The van der Waals surface area contributed by atoms with E-state index in [9.17, 15) is 9.59 Å². The summed E-state index contributed by atoms with van der Waals surface area (Å²) in [5.41, 5.74) is 0. The van der Waals surface area contributed by atoms with E-state index in [1.165, 1.54) is 0 Å². The number of likely N-dealkylation sites (tertiary alicyclic amines) is 1. The molecule has 1 saturated heterocycles. The summed E-state index contributed by atoms with van der Waals surface area (Å²) in [4.78, 5) is 24.6. The van der Waals surface area contributed by atoms with Crippen LogP contribution in [0.3, 0.4) is 0 Å². The van der Waals surface area contributed by atoms with Gasteiger partial charge in [0.25, 0.3) is 0 Å². The summed E-state index contributed by atoms with van der Waals surface area (Å²) in [6, 6.07) is -0.0416. The highest BCUT2D eigenvalue weighted by molar-refractivity contribution is 5.74. The number of carbonyl (C=O) groups is 2. The van der Waals surface area contributed by atoms with E-state index in [1.807, 2.05) is 0 Å². The summed E-state index contributed by atoms with van der Waals surface area (Å²) in [7, 11) is 0. The van der Waals surface area contributed by atoms with Crippen molar-refractivity contribution >= 4 is 12.0 Å². The number of carboxylic acid groups (broad SMARTS) is 1. The molecule has 1 aliphatic heterocycles. The zero-order valence-corrected chi connectivity index (χ0v) is 13.0. The van der Waals surface area contributed by atoms with E-state index >= 15 is 0 Å². The number of amides is 2. The molecule has 0 spiro atoms. The minimum absolute atomic E-state index is 0.0517. The average molecular weight is 300 g/mol. The van der Waals surface area contributed by atoms with Crippen LogP contribution < -0.4 is 5.32 Å². The van der Waals surface area contributed by atoms with Gasteiger partial charge in [-0.1, -0.05) is 13.3 Å². The number of nitrogens with zero attached hydrogens (tertiary/aromatic N) is 1. The van der Waals surface area contributed by atoms with Crippen molar-refractivity contribution in [1.82, 2.24) is 10.2 Å². The van der Waals surface area contributed by atoms with Gasteiger partial charge in [0, 0.05) is 32.2 Å². The van der Waals surface area contributed by atoms with Crippen LogP contribution in [0.2, 0.25) is 0 Å². The lowest BCUT2D eigenvalue weighted by Gasteiger charge is -2.35. The number of carbonyl (C=O) groups excluding carboxylic acids is 1. The van der Waals surface area contributed by atoms with E-state index in [0.717, 1.165) is 38.7 Å². The van der Waals surface area contributed by atoms with Gasteiger partial charge < -0.3 is 20.1 Å².